The van der Waals surface area contributed by atoms with Crippen molar-refractivity contribution in [3.05, 3.63) is 83.9 Å². The Morgan fingerprint density at radius 1 is 0.895 bits per heavy atom. The maximum Gasteiger partial charge on any atom is 0.344 e. The fourth-order valence-electron chi connectivity index (χ4n) is 5.73. The highest BCUT2D eigenvalue weighted by Gasteiger charge is 2.36. The number of ether oxygens (including phenoxy) is 3. The van der Waals surface area contributed by atoms with E-state index in [1.54, 1.807) is 0 Å². The van der Waals surface area contributed by atoms with Crippen molar-refractivity contribution in [1.82, 2.24) is 0 Å². The number of cyclic esters (lactones) is 1. The minimum Gasteiger partial charge on any atom is -0.481 e. The third-order valence-corrected chi connectivity index (χ3v) is 9.64. The van der Waals surface area contributed by atoms with Crippen LogP contribution >= 0.6 is 0 Å². The summed E-state index contributed by atoms with van der Waals surface area (Å²) in [6, 6.07) is 25.4. The van der Waals surface area contributed by atoms with Gasteiger partial charge in [0, 0.05) is 12.1 Å². The van der Waals surface area contributed by atoms with Gasteiger partial charge in [0.2, 0.25) is 0 Å². The van der Waals surface area contributed by atoms with E-state index in [1.807, 2.05) is 26.0 Å². The predicted octanol–water partition coefficient (Wildman–Crippen LogP) is 6.30. The minimum absolute atomic E-state index is 0.0590. The molecule has 2 aliphatic rings. The highest BCUT2D eigenvalue weighted by atomic mass is 32.2. The number of aryl methyl sites for hydroxylation is 2. The summed E-state index contributed by atoms with van der Waals surface area (Å²) in [5.74, 6) is 0.865. The van der Waals surface area contributed by atoms with E-state index < -0.39 is 0 Å². The summed E-state index contributed by atoms with van der Waals surface area (Å²) in [6.07, 6.45) is 3.51. The Bertz CT molecular complexity index is 1200. The lowest BCUT2D eigenvalue weighted by atomic mass is 9.75. The molecule has 1 aliphatic heterocycles. The maximum atomic E-state index is 12.6. The van der Waals surface area contributed by atoms with E-state index in [-0.39, 0.29) is 41.3 Å². The van der Waals surface area contributed by atoms with Crippen LogP contribution in [0.1, 0.15) is 36.8 Å². The molecule has 0 N–H and O–H groups in total. The SMILES string of the molecule is Cc1cc([S+](c2ccccc2)c2ccccc2)cc(C)c1OCC(=O)OCC1CC2CCOC(=O)C(C2)C1. The van der Waals surface area contributed by atoms with E-state index in [0.717, 1.165) is 42.6 Å². The van der Waals surface area contributed by atoms with Crippen molar-refractivity contribution in [2.24, 2.45) is 17.8 Å². The number of hydrogen-bond acceptors (Lipinski definition) is 5. The molecule has 2 bridgehead atoms. The van der Waals surface area contributed by atoms with Gasteiger partial charge in [0.05, 0.1) is 30.0 Å². The van der Waals surface area contributed by atoms with Crippen molar-refractivity contribution in [2.75, 3.05) is 19.8 Å². The van der Waals surface area contributed by atoms with Gasteiger partial charge in [-0.05, 0) is 86.8 Å². The van der Waals surface area contributed by atoms with Gasteiger partial charge in [-0.15, -0.1) is 0 Å². The van der Waals surface area contributed by atoms with Gasteiger partial charge in [-0.2, -0.15) is 0 Å². The first-order chi connectivity index (χ1) is 18.5. The molecule has 1 saturated carbocycles. The molecule has 0 spiro atoms. The highest BCUT2D eigenvalue weighted by molar-refractivity contribution is 7.97. The topological polar surface area (TPSA) is 61.8 Å². The second-order valence-electron chi connectivity index (χ2n) is 10.4. The van der Waals surface area contributed by atoms with Crippen LogP contribution in [0.2, 0.25) is 0 Å². The third-order valence-electron chi connectivity index (χ3n) is 7.45. The molecule has 2 fully saturated rings. The molecule has 3 aromatic rings. The fourth-order valence-corrected chi connectivity index (χ4v) is 8.00. The van der Waals surface area contributed by atoms with E-state index in [1.165, 1.54) is 14.7 Å². The molecule has 1 saturated heterocycles. The van der Waals surface area contributed by atoms with Crippen molar-refractivity contribution in [2.45, 2.75) is 54.2 Å². The van der Waals surface area contributed by atoms with Crippen molar-refractivity contribution >= 4 is 22.8 Å². The van der Waals surface area contributed by atoms with Crippen molar-refractivity contribution < 1.29 is 23.8 Å². The molecule has 0 radical (unpaired) electrons. The zero-order valence-electron chi connectivity index (χ0n) is 22.1. The number of rotatable bonds is 8. The van der Waals surface area contributed by atoms with Crippen LogP contribution < -0.4 is 4.74 Å². The second kappa shape index (κ2) is 12.1. The first-order valence-electron chi connectivity index (χ1n) is 13.4. The van der Waals surface area contributed by atoms with Crippen LogP contribution in [0.3, 0.4) is 0 Å². The standard InChI is InChI=1S/C32H35O5S/c1-22-15-29(38(27-9-5-3-6-10-27)28-11-7-4-8-12-28)16-23(2)31(22)37-21-30(33)36-20-25-17-24-13-14-35-32(34)26(18-24)19-25/h3-12,15-16,24-26H,13-14,17-21H2,1-2H3/q+1. The molecule has 3 unspecified atom stereocenters. The van der Waals surface area contributed by atoms with Gasteiger partial charge in [-0.25, -0.2) is 4.79 Å². The van der Waals surface area contributed by atoms with E-state index in [9.17, 15) is 9.59 Å². The van der Waals surface area contributed by atoms with Gasteiger partial charge in [0.25, 0.3) is 0 Å². The number of carbonyl (C=O) groups is 2. The molecule has 1 heterocycles. The third kappa shape index (κ3) is 6.24. The van der Waals surface area contributed by atoms with Crippen LogP contribution in [-0.4, -0.2) is 31.8 Å². The summed E-state index contributed by atoms with van der Waals surface area (Å²) in [4.78, 5) is 28.4. The number of hydrogen-bond donors (Lipinski definition) is 0. The summed E-state index contributed by atoms with van der Waals surface area (Å²) in [7, 11) is -0.248. The molecule has 0 aromatic heterocycles. The Morgan fingerprint density at radius 2 is 1.53 bits per heavy atom. The van der Waals surface area contributed by atoms with Gasteiger partial charge in [0.1, 0.15) is 5.75 Å². The van der Waals surface area contributed by atoms with Crippen LogP contribution in [-0.2, 0) is 30.0 Å². The molecule has 198 valence electrons. The van der Waals surface area contributed by atoms with Crippen LogP contribution in [0.15, 0.2) is 87.5 Å². The van der Waals surface area contributed by atoms with Gasteiger partial charge in [0.15, 0.2) is 21.3 Å². The molecular weight excluding hydrogens is 496 g/mol. The molecular formula is C32H35O5S+. The van der Waals surface area contributed by atoms with Crippen LogP contribution in [0.5, 0.6) is 5.75 Å². The quantitative estimate of drug-likeness (QED) is 0.252. The van der Waals surface area contributed by atoms with Gasteiger partial charge < -0.3 is 14.2 Å². The Kier molecular flexibility index (Phi) is 8.38. The fraction of sp³-hybridized carbons (Fsp3) is 0.375. The first-order valence-corrected chi connectivity index (χ1v) is 14.6. The van der Waals surface area contributed by atoms with Crippen LogP contribution in [0.4, 0.5) is 0 Å². The molecule has 38 heavy (non-hydrogen) atoms. The average Bonchev–Trinajstić information content (AvgIpc) is 3.05. The Hall–Kier alpha value is -3.25. The largest absolute Gasteiger partial charge is 0.481 e. The van der Waals surface area contributed by atoms with Gasteiger partial charge in [-0.3, -0.25) is 4.79 Å². The normalized spacial score (nSPS) is 20.9. The number of esters is 2. The average molecular weight is 532 g/mol. The Labute approximate surface area is 227 Å². The zero-order chi connectivity index (χ0) is 26.5. The predicted molar refractivity (Wildman–Crippen MR) is 147 cm³/mol. The maximum absolute atomic E-state index is 12.6. The molecule has 1 aliphatic carbocycles. The molecule has 5 nitrogen and oxygen atoms in total. The molecule has 5 rings (SSSR count). The monoisotopic (exact) mass is 531 g/mol. The van der Waals surface area contributed by atoms with Gasteiger partial charge >= 0.3 is 11.9 Å². The van der Waals surface area contributed by atoms with Crippen molar-refractivity contribution in [3.63, 3.8) is 0 Å². The molecule has 0 amide bonds. The molecule has 3 atom stereocenters. The zero-order valence-corrected chi connectivity index (χ0v) is 22.9. The van der Waals surface area contributed by atoms with Gasteiger partial charge in [-0.1, -0.05) is 36.4 Å². The van der Waals surface area contributed by atoms with E-state index in [4.69, 9.17) is 14.2 Å². The number of carbonyl (C=O) groups excluding carboxylic acids is 2. The van der Waals surface area contributed by atoms with Crippen LogP contribution in [0.25, 0.3) is 0 Å². The Balaban J connectivity index is 1.23. The number of fused-ring (bicyclic) bond motifs is 2. The summed E-state index contributed by atoms with van der Waals surface area (Å²) in [6.45, 7) is 4.76. The number of benzene rings is 3. The molecule has 6 heteroatoms. The second-order valence-corrected chi connectivity index (χ2v) is 12.4. The lowest BCUT2D eigenvalue weighted by molar-refractivity contribution is -0.150. The van der Waals surface area contributed by atoms with E-state index in [2.05, 4.69) is 60.7 Å². The lowest BCUT2D eigenvalue weighted by Crippen LogP contribution is -2.30. The highest BCUT2D eigenvalue weighted by Crippen LogP contribution is 2.38. The summed E-state index contributed by atoms with van der Waals surface area (Å²) >= 11 is 0. The van der Waals surface area contributed by atoms with Crippen LogP contribution in [0, 0.1) is 31.6 Å². The Morgan fingerprint density at radius 3 is 2.16 bits per heavy atom. The smallest absolute Gasteiger partial charge is 0.344 e. The summed E-state index contributed by atoms with van der Waals surface area (Å²) < 4.78 is 16.9. The van der Waals surface area contributed by atoms with Crippen molar-refractivity contribution in [1.29, 1.82) is 0 Å². The first kappa shape index (κ1) is 26.4. The summed E-state index contributed by atoms with van der Waals surface area (Å²) in [5, 5.41) is 0. The molecule has 3 aromatic carbocycles. The van der Waals surface area contributed by atoms with Crippen molar-refractivity contribution in [3.8, 4) is 5.75 Å². The summed E-state index contributed by atoms with van der Waals surface area (Å²) in [5.41, 5.74) is 1.99. The minimum atomic E-state index is -0.377. The lowest BCUT2D eigenvalue weighted by Gasteiger charge is -2.30. The van der Waals surface area contributed by atoms with E-state index in [0.29, 0.717) is 19.1 Å². The van der Waals surface area contributed by atoms with E-state index >= 15 is 0 Å².